The Morgan fingerprint density at radius 2 is 2.09 bits per heavy atom. The quantitative estimate of drug-likeness (QED) is 0.816. The maximum Gasteiger partial charge on any atom is 0.253 e. The van der Waals surface area contributed by atoms with Crippen LogP contribution in [0.15, 0.2) is 6.07 Å². The fourth-order valence-electron chi connectivity index (χ4n) is 3.35. The molecule has 23 heavy (non-hydrogen) atoms. The van der Waals surface area contributed by atoms with Gasteiger partial charge in [0.1, 0.15) is 0 Å². The van der Waals surface area contributed by atoms with Crippen LogP contribution in [0.4, 0.5) is 0 Å². The first-order valence-electron chi connectivity index (χ1n) is 8.51. The molecule has 1 aliphatic carbocycles. The van der Waals surface area contributed by atoms with E-state index in [2.05, 4.69) is 21.7 Å². The molecule has 1 saturated heterocycles. The Kier molecular flexibility index (Phi) is 5.04. The second-order valence-electron chi connectivity index (χ2n) is 6.66. The van der Waals surface area contributed by atoms with Crippen LogP contribution in [0.1, 0.15) is 40.6 Å². The first-order chi connectivity index (χ1) is 11.1. The smallest absolute Gasteiger partial charge is 0.253 e. The van der Waals surface area contributed by atoms with Crippen LogP contribution in [0.2, 0.25) is 0 Å². The summed E-state index contributed by atoms with van der Waals surface area (Å²) >= 11 is 0. The van der Waals surface area contributed by atoms with Gasteiger partial charge in [-0.1, -0.05) is 0 Å². The summed E-state index contributed by atoms with van der Waals surface area (Å²) in [5.41, 5.74) is 2.90. The van der Waals surface area contributed by atoms with Crippen LogP contribution in [0.5, 0.6) is 0 Å². The fourth-order valence-corrected chi connectivity index (χ4v) is 3.35. The number of amides is 1. The van der Waals surface area contributed by atoms with Gasteiger partial charge in [-0.3, -0.25) is 9.69 Å². The Hall–Kier alpha value is -1.37. The van der Waals surface area contributed by atoms with Gasteiger partial charge >= 0.3 is 0 Å². The molecule has 2 heterocycles. The van der Waals surface area contributed by atoms with Gasteiger partial charge in [-0.2, -0.15) is 0 Å². The van der Waals surface area contributed by atoms with Crippen molar-refractivity contribution in [2.75, 3.05) is 39.4 Å². The molecule has 1 unspecified atom stereocenters. The molecule has 1 saturated carbocycles. The van der Waals surface area contributed by atoms with E-state index in [0.717, 1.165) is 30.0 Å². The summed E-state index contributed by atoms with van der Waals surface area (Å²) in [4.78, 5) is 14.6. The van der Waals surface area contributed by atoms with Gasteiger partial charge in [0.15, 0.2) is 0 Å². The number of hydrogen-bond acceptors (Lipinski definition) is 4. The molecule has 1 atom stereocenters. The molecule has 0 bridgehead atoms. The first kappa shape index (κ1) is 16.5. The molecule has 6 heteroatoms. The lowest BCUT2D eigenvalue weighted by Gasteiger charge is -2.28. The minimum Gasteiger partial charge on any atom is -0.390 e. The third kappa shape index (κ3) is 3.94. The summed E-state index contributed by atoms with van der Waals surface area (Å²) in [5, 5.41) is 13.0. The number of β-amino-alcohol motifs (C(OH)–C–C–N with tert-alkyl or cyclic N) is 1. The molecule has 2 N–H and O–H groups in total. The van der Waals surface area contributed by atoms with E-state index in [1.165, 1.54) is 12.8 Å². The summed E-state index contributed by atoms with van der Waals surface area (Å²) in [6.07, 6.45) is 1.86. The van der Waals surface area contributed by atoms with Crippen LogP contribution in [-0.4, -0.2) is 66.0 Å². The maximum absolute atomic E-state index is 12.4. The lowest BCUT2D eigenvalue weighted by Crippen LogP contribution is -2.44. The summed E-state index contributed by atoms with van der Waals surface area (Å²) in [5.74, 6) is -0.0916. The number of aryl methyl sites for hydroxylation is 1. The van der Waals surface area contributed by atoms with Crippen LogP contribution in [0, 0.1) is 13.8 Å². The average Bonchev–Trinajstić information content (AvgIpc) is 3.31. The van der Waals surface area contributed by atoms with Crippen LogP contribution in [0.25, 0.3) is 0 Å². The molecule has 2 aliphatic rings. The van der Waals surface area contributed by atoms with E-state index < -0.39 is 6.10 Å². The third-order valence-corrected chi connectivity index (χ3v) is 4.71. The number of aliphatic hydroxyl groups is 1. The van der Waals surface area contributed by atoms with Crippen molar-refractivity contribution in [1.82, 2.24) is 14.8 Å². The van der Waals surface area contributed by atoms with Gasteiger partial charge in [0.05, 0.1) is 24.9 Å². The van der Waals surface area contributed by atoms with Gasteiger partial charge in [-0.05, 0) is 32.8 Å². The van der Waals surface area contributed by atoms with E-state index in [4.69, 9.17) is 4.74 Å². The lowest BCUT2D eigenvalue weighted by molar-refractivity contribution is 0.0149. The van der Waals surface area contributed by atoms with Gasteiger partial charge in [-0.25, -0.2) is 0 Å². The van der Waals surface area contributed by atoms with Crippen molar-refractivity contribution < 1.29 is 14.6 Å². The van der Waals surface area contributed by atoms with Gasteiger partial charge in [-0.15, -0.1) is 0 Å². The standard InChI is InChI=1S/C17H27N3O3/c1-12-9-16(13(2)20(12)14-3-4-14)17(22)18-10-15(21)11-19-5-7-23-8-6-19/h9,14-15,21H,3-8,10-11H2,1-2H3,(H,18,22). The summed E-state index contributed by atoms with van der Waals surface area (Å²) in [6, 6.07) is 2.53. The van der Waals surface area contributed by atoms with Crippen molar-refractivity contribution in [3.05, 3.63) is 23.0 Å². The number of carbonyl (C=O) groups excluding carboxylic acids is 1. The van der Waals surface area contributed by atoms with E-state index in [-0.39, 0.29) is 12.5 Å². The number of hydrogen-bond donors (Lipinski definition) is 2. The normalized spacial score (nSPS) is 20.5. The zero-order valence-electron chi connectivity index (χ0n) is 14.0. The van der Waals surface area contributed by atoms with Crippen molar-refractivity contribution in [1.29, 1.82) is 0 Å². The van der Waals surface area contributed by atoms with Crippen molar-refractivity contribution in [2.24, 2.45) is 0 Å². The van der Waals surface area contributed by atoms with E-state index in [0.29, 0.717) is 25.8 Å². The highest BCUT2D eigenvalue weighted by Crippen LogP contribution is 2.38. The number of carbonyl (C=O) groups is 1. The van der Waals surface area contributed by atoms with Crippen molar-refractivity contribution >= 4 is 5.91 Å². The van der Waals surface area contributed by atoms with E-state index in [1.807, 2.05) is 13.0 Å². The van der Waals surface area contributed by atoms with Gasteiger partial charge in [0.25, 0.3) is 5.91 Å². The van der Waals surface area contributed by atoms with Crippen LogP contribution >= 0.6 is 0 Å². The number of morpholine rings is 1. The molecule has 0 aromatic carbocycles. The first-order valence-corrected chi connectivity index (χ1v) is 8.51. The van der Waals surface area contributed by atoms with Crippen LogP contribution in [-0.2, 0) is 4.74 Å². The second kappa shape index (κ2) is 7.03. The molecule has 128 valence electrons. The topological polar surface area (TPSA) is 66.7 Å². The van der Waals surface area contributed by atoms with E-state index in [1.54, 1.807) is 0 Å². The SMILES string of the molecule is Cc1cc(C(=O)NCC(O)CN2CCOCC2)c(C)n1C1CC1. The number of aromatic nitrogens is 1. The third-order valence-electron chi connectivity index (χ3n) is 4.71. The highest BCUT2D eigenvalue weighted by atomic mass is 16.5. The number of nitrogens with one attached hydrogen (secondary N) is 1. The molecular weight excluding hydrogens is 294 g/mol. The summed E-state index contributed by atoms with van der Waals surface area (Å²) in [6.45, 7) is 8.02. The number of rotatable bonds is 6. The Labute approximate surface area is 137 Å². The molecule has 6 nitrogen and oxygen atoms in total. The highest BCUT2D eigenvalue weighted by molar-refractivity contribution is 5.95. The number of aliphatic hydroxyl groups excluding tert-OH is 1. The Bertz CT molecular complexity index is 560. The number of ether oxygens (including phenoxy) is 1. The highest BCUT2D eigenvalue weighted by Gasteiger charge is 2.28. The monoisotopic (exact) mass is 321 g/mol. The Morgan fingerprint density at radius 3 is 2.74 bits per heavy atom. The molecule has 1 aromatic heterocycles. The number of nitrogens with zero attached hydrogens (tertiary/aromatic N) is 2. The van der Waals surface area contributed by atoms with Crippen molar-refractivity contribution in [3.63, 3.8) is 0 Å². The van der Waals surface area contributed by atoms with Gasteiger partial charge in [0, 0.05) is 43.6 Å². The zero-order chi connectivity index (χ0) is 16.4. The Morgan fingerprint density at radius 1 is 1.39 bits per heavy atom. The van der Waals surface area contributed by atoms with Crippen molar-refractivity contribution in [2.45, 2.75) is 38.8 Å². The maximum atomic E-state index is 12.4. The minimum atomic E-state index is -0.552. The lowest BCUT2D eigenvalue weighted by atomic mass is 10.2. The van der Waals surface area contributed by atoms with Gasteiger partial charge in [0.2, 0.25) is 0 Å². The van der Waals surface area contributed by atoms with E-state index in [9.17, 15) is 9.90 Å². The van der Waals surface area contributed by atoms with Crippen molar-refractivity contribution in [3.8, 4) is 0 Å². The summed E-state index contributed by atoms with van der Waals surface area (Å²) in [7, 11) is 0. The fraction of sp³-hybridized carbons (Fsp3) is 0.706. The molecule has 0 spiro atoms. The van der Waals surface area contributed by atoms with Crippen LogP contribution in [0.3, 0.4) is 0 Å². The predicted molar refractivity (Wildman–Crippen MR) is 87.8 cm³/mol. The molecule has 2 fully saturated rings. The largest absolute Gasteiger partial charge is 0.390 e. The van der Waals surface area contributed by atoms with E-state index >= 15 is 0 Å². The average molecular weight is 321 g/mol. The molecule has 1 aliphatic heterocycles. The summed E-state index contributed by atoms with van der Waals surface area (Å²) < 4.78 is 7.56. The molecule has 1 amide bonds. The molecule has 3 rings (SSSR count). The molecular formula is C17H27N3O3. The Balaban J connectivity index is 1.51. The zero-order valence-corrected chi connectivity index (χ0v) is 14.0. The minimum absolute atomic E-state index is 0.0916. The molecule has 1 aromatic rings. The van der Waals surface area contributed by atoms with Crippen LogP contribution < -0.4 is 5.32 Å². The van der Waals surface area contributed by atoms with Gasteiger partial charge < -0.3 is 19.7 Å². The molecule has 0 radical (unpaired) electrons. The second-order valence-corrected chi connectivity index (χ2v) is 6.66. The predicted octanol–water partition coefficient (Wildman–Crippen LogP) is 0.863.